The Bertz CT molecular complexity index is 670. The zero-order chi connectivity index (χ0) is 12.5. The SMILES string of the molecule is Cc1[nH]c(-c2cc(Br)cs2)nc1-c1ccccc1. The Balaban J connectivity index is 2.06. The maximum atomic E-state index is 4.70. The Morgan fingerprint density at radius 2 is 2.00 bits per heavy atom. The molecule has 0 radical (unpaired) electrons. The monoisotopic (exact) mass is 318 g/mol. The van der Waals surface area contributed by atoms with E-state index in [4.69, 9.17) is 4.98 Å². The molecule has 0 bridgehead atoms. The average Bonchev–Trinajstić information content (AvgIpc) is 2.97. The van der Waals surface area contributed by atoms with Crippen LogP contribution in [0.15, 0.2) is 46.3 Å². The number of imidazole rings is 1. The number of nitrogens with one attached hydrogen (secondary N) is 1. The van der Waals surface area contributed by atoms with Crippen LogP contribution < -0.4 is 0 Å². The molecular formula is C14H11BrN2S. The molecule has 0 spiro atoms. The molecule has 4 heteroatoms. The van der Waals surface area contributed by atoms with Crippen molar-refractivity contribution < 1.29 is 0 Å². The van der Waals surface area contributed by atoms with Crippen LogP contribution in [-0.2, 0) is 0 Å². The van der Waals surface area contributed by atoms with E-state index < -0.39 is 0 Å². The van der Waals surface area contributed by atoms with Crippen molar-refractivity contribution in [2.75, 3.05) is 0 Å². The molecule has 2 heterocycles. The maximum absolute atomic E-state index is 4.70. The van der Waals surface area contributed by atoms with Gasteiger partial charge in [-0.05, 0) is 28.9 Å². The molecule has 3 rings (SSSR count). The van der Waals surface area contributed by atoms with Crippen LogP contribution in [0.3, 0.4) is 0 Å². The van der Waals surface area contributed by atoms with Gasteiger partial charge in [-0.1, -0.05) is 30.3 Å². The Labute approximate surface area is 118 Å². The van der Waals surface area contributed by atoms with Gasteiger partial charge >= 0.3 is 0 Å². The number of aromatic amines is 1. The van der Waals surface area contributed by atoms with E-state index >= 15 is 0 Å². The minimum atomic E-state index is 0.932. The minimum absolute atomic E-state index is 0.932. The van der Waals surface area contributed by atoms with E-state index in [0.29, 0.717) is 0 Å². The number of nitrogens with zero attached hydrogens (tertiary/aromatic N) is 1. The summed E-state index contributed by atoms with van der Waals surface area (Å²) < 4.78 is 1.10. The molecule has 0 amide bonds. The summed E-state index contributed by atoms with van der Waals surface area (Å²) in [5, 5.41) is 2.06. The molecule has 0 saturated carbocycles. The summed E-state index contributed by atoms with van der Waals surface area (Å²) in [6, 6.07) is 12.3. The third-order valence-corrected chi connectivity index (χ3v) is 4.43. The van der Waals surface area contributed by atoms with E-state index in [0.717, 1.165) is 32.1 Å². The quantitative estimate of drug-likeness (QED) is 0.717. The van der Waals surface area contributed by atoms with Crippen LogP contribution in [0.4, 0.5) is 0 Å². The van der Waals surface area contributed by atoms with Gasteiger partial charge < -0.3 is 4.98 Å². The number of hydrogen-bond donors (Lipinski definition) is 1. The largest absolute Gasteiger partial charge is 0.341 e. The first kappa shape index (κ1) is 11.7. The predicted octanol–water partition coefficient (Wildman–Crippen LogP) is 4.88. The van der Waals surface area contributed by atoms with Gasteiger partial charge in [0.05, 0.1) is 10.6 Å². The lowest BCUT2D eigenvalue weighted by Gasteiger charge is -1.96. The highest BCUT2D eigenvalue weighted by molar-refractivity contribution is 9.10. The highest BCUT2D eigenvalue weighted by atomic mass is 79.9. The van der Waals surface area contributed by atoms with Gasteiger partial charge in [0.15, 0.2) is 0 Å². The fourth-order valence-corrected chi connectivity index (χ4v) is 3.26. The highest BCUT2D eigenvalue weighted by Gasteiger charge is 2.11. The number of aryl methyl sites for hydroxylation is 1. The van der Waals surface area contributed by atoms with E-state index in [-0.39, 0.29) is 0 Å². The molecule has 0 saturated heterocycles. The third-order valence-electron chi connectivity index (χ3n) is 2.73. The van der Waals surface area contributed by atoms with Crippen molar-refractivity contribution in [2.45, 2.75) is 6.92 Å². The summed E-state index contributed by atoms with van der Waals surface area (Å²) in [5.41, 5.74) is 3.27. The number of hydrogen-bond acceptors (Lipinski definition) is 2. The van der Waals surface area contributed by atoms with Crippen LogP contribution in [0.2, 0.25) is 0 Å². The predicted molar refractivity (Wildman–Crippen MR) is 79.8 cm³/mol. The summed E-state index contributed by atoms with van der Waals surface area (Å²) in [4.78, 5) is 9.19. The molecule has 90 valence electrons. The van der Waals surface area contributed by atoms with E-state index in [1.165, 1.54) is 0 Å². The summed E-state index contributed by atoms with van der Waals surface area (Å²) in [5.74, 6) is 0.932. The lowest BCUT2D eigenvalue weighted by atomic mass is 10.1. The number of rotatable bonds is 2. The van der Waals surface area contributed by atoms with Crippen LogP contribution in [0.1, 0.15) is 5.69 Å². The first-order valence-corrected chi connectivity index (χ1v) is 7.28. The number of thiophene rings is 1. The zero-order valence-electron chi connectivity index (χ0n) is 9.77. The van der Waals surface area contributed by atoms with E-state index in [2.05, 4.69) is 51.4 Å². The van der Waals surface area contributed by atoms with E-state index in [1.807, 2.05) is 18.2 Å². The number of halogens is 1. The van der Waals surface area contributed by atoms with E-state index in [9.17, 15) is 0 Å². The van der Waals surface area contributed by atoms with Crippen LogP contribution in [0.25, 0.3) is 22.0 Å². The molecule has 2 nitrogen and oxygen atoms in total. The molecule has 0 aliphatic heterocycles. The Kier molecular flexibility index (Phi) is 3.06. The third kappa shape index (κ3) is 2.13. The molecule has 0 aliphatic carbocycles. The number of H-pyrrole nitrogens is 1. The molecule has 18 heavy (non-hydrogen) atoms. The second-order valence-corrected chi connectivity index (χ2v) is 5.88. The Morgan fingerprint density at radius 1 is 1.22 bits per heavy atom. The van der Waals surface area contributed by atoms with Gasteiger partial charge in [0, 0.05) is 21.1 Å². The maximum Gasteiger partial charge on any atom is 0.148 e. The van der Waals surface area contributed by atoms with Crippen LogP contribution in [-0.4, -0.2) is 9.97 Å². The van der Waals surface area contributed by atoms with Gasteiger partial charge in [-0.25, -0.2) is 4.98 Å². The first-order chi connectivity index (χ1) is 8.74. The van der Waals surface area contributed by atoms with Crippen molar-refractivity contribution in [3.8, 4) is 22.0 Å². The first-order valence-electron chi connectivity index (χ1n) is 5.60. The highest BCUT2D eigenvalue weighted by Crippen LogP contribution is 2.31. The normalized spacial score (nSPS) is 10.8. The lowest BCUT2D eigenvalue weighted by molar-refractivity contribution is 1.26. The van der Waals surface area contributed by atoms with E-state index in [1.54, 1.807) is 11.3 Å². The zero-order valence-corrected chi connectivity index (χ0v) is 12.2. The molecule has 0 aliphatic rings. The molecule has 3 aromatic rings. The lowest BCUT2D eigenvalue weighted by Crippen LogP contribution is -1.79. The molecule has 1 N–H and O–H groups in total. The summed E-state index contributed by atoms with van der Waals surface area (Å²) in [6.45, 7) is 2.06. The standard InChI is InChI=1S/C14H11BrN2S/c1-9-13(10-5-3-2-4-6-10)17-14(16-9)12-7-11(15)8-18-12/h2-8H,1H3,(H,16,17). The van der Waals surface area contributed by atoms with Crippen molar-refractivity contribution in [2.24, 2.45) is 0 Å². The average molecular weight is 319 g/mol. The van der Waals surface area contributed by atoms with Gasteiger partial charge in [-0.3, -0.25) is 0 Å². The van der Waals surface area contributed by atoms with Crippen molar-refractivity contribution in [1.82, 2.24) is 9.97 Å². The Morgan fingerprint density at radius 3 is 2.67 bits per heavy atom. The van der Waals surface area contributed by atoms with Gasteiger partial charge in [0.25, 0.3) is 0 Å². The summed E-state index contributed by atoms with van der Waals surface area (Å²) in [6.07, 6.45) is 0. The molecule has 2 aromatic heterocycles. The smallest absolute Gasteiger partial charge is 0.148 e. The van der Waals surface area contributed by atoms with Crippen molar-refractivity contribution in [3.63, 3.8) is 0 Å². The van der Waals surface area contributed by atoms with Crippen molar-refractivity contribution >= 4 is 27.3 Å². The second-order valence-electron chi connectivity index (χ2n) is 4.05. The number of aromatic nitrogens is 2. The molecule has 0 atom stereocenters. The second kappa shape index (κ2) is 4.71. The molecule has 0 unspecified atom stereocenters. The van der Waals surface area contributed by atoms with Gasteiger partial charge in [-0.15, -0.1) is 11.3 Å². The minimum Gasteiger partial charge on any atom is -0.341 e. The molecular weight excluding hydrogens is 308 g/mol. The van der Waals surface area contributed by atoms with Crippen LogP contribution in [0, 0.1) is 6.92 Å². The van der Waals surface area contributed by atoms with Gasteiger partial charge in [-0.2, -0.15) is 0 Å². The summed E-state index contributed by atoms with van der Waals surface area (Å²) >= 11 is 5.15. The van der Waals surface area contributed by atoms with Crippen LogP contribution in [0.5, 0.6) is 0 Å². The fourth-order valence-electron chi connectivity index (χ4n) is 1.89. The van der Waals surface area contributed by atoms with Crippen molar-refractivity contribution in [3.05, 3.63) is 51.9 Å². The van der Waals surface area contributed by atoms with Gasteiger partial charge in [0.2, 0.25) is 0 Å². The number of benzene rings is 1. The fraction of sp³-hybridized carbons (Fsp3) is 0.0714. The Hall–Kier alpha value is -1.39. The molecule has 1 aromatic carbocycles. The topological polar surface area (TPSA) is 28.7 Å². The van der Waals surface area contributed by atoms with Crippen molar-refractivity contribution in [1.29, 1.82) is 0 Å². The van der Waals surface area contributed by atoms with Crippen LogP contribution >= 0.6 is 27.3 Å². The van der Waals surface area contributed by atoms with Gasteiger partial charge in [0.1, 0.15) is 5.82 Å². The summed E-state index contributed by atoms with van der Waals surface area (Å²) in [7, 11) is 0. The molecule has 0 fully saturated rings.